The number of halogens is 1. The van der Waals surface area contributed by atoms with Crippen molar-refractivity contribution in [2.24, 2.45) is 0 Å². The van der Waals surface area contributed by atoms with Crippen molar-refractivity contribution >= 4 is 27.7 Å². The Morgan fingerprint density at radius 1 is 1.19 bits per heavy atom. The molecule has 1 fully saturated rings. The van der Waals surface area contributed by atoms with Crippen molar-refractivity contribution in [2.75, 3.05) is 14.2 Å². The van der Waals surface area contributed by atoms with Crippen LogP contribution in [0.2, 0.25) is 0 Å². The molecule has 0 radical (unpaired) electrons. The second-order valence-corrected chi connectivity index (χ2v) is 8.03. The van der Waals surface area contributed by atoms with Crippen molar-refractivity contribution in [2.45, 2.75) is 29.8 Å². The van der Waals surface area contributed by atoms with E-state index in [0.717, 1.165) is 38.1 Å². The smallest absolute Gasteiger partial charge is 0.192 e. The highest BCUT2D eigenvalue weighted by Crippen LogP contribution is 2.42. The molecule has 27 heavy (non-hydrogen) atoms. The van der Waals surface area contributed by atoms with Crippen LogP contribution in [0, 0.1) is 0 Å². The van der Waals surface area contributed by atoms with Gasteiger partial charge in [-0.3, -0.25) is 9.55 Å². The molecular weight excluding hydrogens is 428 g/mol. The number of hydrogen-bond acceptors (Lipinski definition) is 6. The molecule has 0 bridgehead atoms. The molecule has 0 unspecified atom stereocenters. The summed E-state index contributed by atoms with van der Waals surface area (Å²) < 4.78 is 14.0. The first-order valence-corrected chi connectivity index (χ1v) is 10.4. The summed E-state index contributed by atoms with van der Waals surface area (Å²) in [6.07, 6.45) is 5.94. The van der Waals surface area contributed by atoms with E-state index in [1.165, 1.54) is 12.8 Å². The molecule has 3 aromatic rings. The largest absolute Gasteiger partial charge is 0.493 e. The summed E-state index contributed by atoms with van der Waals surface area (Å²) in [7, 11) is 3.28. The Morgan fingerprint density at radius 3 is 2.63 bits per heavy atom. The van der Waals surface area contributed by atoms with Gasteiger partial charge in [-0.05, 0) is 42.7 Å². The lowest BCUT2D eigenvalue weighted by Crippen LogP contribution is -2.00. The molecular formula is C19H19BrN4O2S. The quantitative estimate of drug-likeness (QED) is 0.488. The molecule has 2 heterocycles. The lowest BCUT2D eigenvalue weighted by Gasteiger charge is -2.12. The number of thioether (sulfide) groups is 1. The summed E-state index contributed by atoms with van der Waals surface area (Å²) in [4.78, 5) is 4.21. The minimum atomic E-state index is 0.478. The number of methoxy groups -OCH3 is 2. The molecule has 0 N–H and O–H groups in total. The van der Waals surface area contributed by atoms with Crippen LogP contribution < -0.4 is 9.47 Å². The van der Waals surface area contributed by atoms with Gasteiger partial charge >= 0.3 is 0 Å². The Hall–Kier alpha value is -2.06. The van der Waals surface area contributed by atoms with Crippen molar-refractivity contribution in [3.8, 4) is 22.9 Å². The standard InChI is InChI=1S/C19H19BrN4O2S/c1-25-16-8-13(15(20)9-17(16)26-2)11-27-19-23-22-18(24(19)14-5-6-14)12-4-3-7-21-10-12/h3-4,7-10,14H,5-6,11H2,1-2H3. The first-order chi connectivity index (χ1) is 13.2. The van der Waals surface area contributed by atoms with Gasteiger partial charge in [-0.1, -0.05) is 27.7 Å². The van der Waals surface area contributed by atoms with Crippen LogP contribution in [0.3, 0.4) is 0 Å². The fraction of sp³-hybridized carbons (Fsp3) is 0.316. The third kappa shape index (κ3) is 3.82. The van der Waals surface area contributed by atoms with Gasteiger partial charge in [0.05, 0.1) is 14.2 Å². The third-order valence-electron chi connectivity index (χ3n) is 4.41. The molecule has 1 aliphatic carbocycles. The zero-order valence-electron chi connectivity index (χ0n) is 15.1. The van der Waals surface area contributed by atoms with Crippen molar-refractivity contribution in [3.05, 3.63) is 46.7 Å². The fourth-order valence-corrected chi connectivity index (χ4v) is 4.52. The van der Waals surface area contributed by atoms with Crippen LogP contribution in [-0.4, -0.2) is 34.0 Å². The molecule has 0 spiro atoms. The van der Waals surface area contributed by atoms with E-state index >= 15 is 0 Å². The van der Waals surface area contributed by atoms with Gasteiger partial charge in [0.2, 0.25) is 0 Å². The molecule has 0 amide bonds. The van der Waals surface area contributed by atoms with Crippen molar-refractivity contribution in [1.29, 1.82) is 0 Å². The maximum Gasteiger partial charge on any atom is 0.192 e. The molecule has 4 rings (SSSR count). The summed E-state index contributed by atoms with van der Waals surface area (Å²) in [5.74, 6) is 3.06. The summed E-state index contributed by atoms with van der Waals surface area (Å²) in [5.41, 5.74) is 2.11. The van der Waals surface area contributed by atoms with E-state index in [4.69, 9.17) is 9.47 Å². The van der Waals surface area contributed by atoms with Gasteiger partial charge in [0.1, 0.15) is 0 Å². The maximum atomic E-state index is 5.42. The van der Waals surface area contributed by atoms with Crippen molar-refractivity contribution in [3.63, 3.8) is 0 Å². The number of pyridine rings is 1. The highest BCUT2D eigenvalue weighted by Gasteiger charge is 2.30. The van der Waals surface area contributed by atoms with E-state index in [9.17, 15) is 0 Å². The Morgan fingerprint density at radius 2 is 1.96 bits per heavy atom. The van der Waals surface area contributed by atoms with E-state index in [-0.39, 0.29) is 0 Å². The highest BCUT2D eigenvalue weighted by atomic mass is 79.9. The van der Waals surface area contributed by atoms with Crippen molar-refractivity contribution in [1.82, 2.24) is 19.7 Å². The van der Waals surface area contributed by atoms with Crippen LogP contribution in [0.1, 0.15) is 24.4 Å². The Bertz CT molecular complexity index is 944. The minimum absolute atomic E-state index is 0.478. The number of rotatable bonds is 7. The van der Waals surface area contributed by atoms with Crippen LogP contribution in [-0.2, 0) is 5.75 Å². The molecule has 0 saturated heterocycles. The topological polar surface area (TPSA) is 62.1 Å². The molecule has 6 nitrogen and oxygen atoms in total. The average Bonchev–Trinajstić information content (AvgIpc) is 3.46. The van der Waals surface area contributed by atoms with Crippen LogP contribution >= 0.6 is 27.7 Å². The number of ether oxygens (including phenoxy) is 2. The second kappa shape index (κ2) is 7.90. The van der Waals surface area contributed by atoms with E-state index < -0.39 is 0 Å². The summed E-state index contributed by atoms with van der Waals surface area (Å²) >= 11 is 5.30. The Balaban J connectivity index is 1.60. The van der Waals surface area contributed by atoms with E-state index in [0.29, 0.717) is 11.8 Å². The van der Waals surface area contributed by atoms with E-state index in [1.54, 1.807) is 32.2 Å². The SMILES string of the molecule is COc1cc(Br)c(CSc2nnc(-c3cccnc3)n2C2CC2)cc1OC. The summed E-state index contributed by atoms with van der Waals surface area (Å²) in [5, 5.41) is 9.82. The lowest BCUT2D eigenvalue weighted by molar-refractivity contribution is 0.354. The summed E-state index contributed by atoms with van der Waals surface area (Å²) in [6, 6.07) is 8.35. The zero-order chi connectivity index (χ0) is 18.8. The Labute approximate surface area is 170 Å². The second-order valence-electron chi connectivity index (χ2n) is 6.24. The van der Waals surface area contributed by atoms with Crippen molar-refractivity contribution < 1.29 is 9.47 Å². The predicted octanol–water partition coefficient (Wildman–Crippen LogP) is 4.75. The molecule has 0 aliphatic heterocycles. The first-order valence-electron chi connectivity index (χ1n) is 8.59. The normalized spacial score (nSPS) is 13.6. The fourth-order valence-electron chi connectivity index (χ4n) is 2.88. The van der Waals surface area contributed by atoms with Gasteiger partial charge in [-0.25, -0.2) is 0 Å². The molecule has 1 aliphatic rings. The molecule has 8 heteroatoms. The Kier molecular flexibility index (Phi) is 5.36. The van der Waals surface area contributed by atoms with Gasteiger partial charge in [0.15, 0.2) is 22.5 Å². The first kappa shape index (κ1) is 18.3. The average molecular weight is 447 g/mol. The highest BCUT2D eigenvalue weighted by molar-refractivity contribution is 9.10. The van der Waals surface area contributed by atoms with Gasteiger partial charge in [-0.2, -0.15) is 0 Å². The number of aromatic nitrogens is 4. The van der Waals surface area contributed by atoms with Crippen LogP contribution in [0.15, 0.2) is 46.3 Å². The maximum absolute atomic E-state index is 5.42. The van der Waals surface area contributed by atoms with Crippen LogP contribution in [0.25, 0.3) is 11.4 Å². The number of hydrogen-bond donors (Lipinski definition) is 0. The monoisotopic (exact) mass is 446 g/mol. The molecule has 0 atom stereocenters. The van der Waals surface area contributed by atoms with Gasteiger partial charge in [-0.15, -0.1) is 10.2 Å². The van der Waals surface area contributed by atoms with Crippen LogP contribution in [0.4, 0.5) is 0 Å². The van der Waals surface area contributed by atoms with Gasteiger partial charge in [0.25, 0.3) is 0 Å². The third-order valence-corrected chi connectivity index (χ3v) is 6.14. The van der Waals surface area contributed by atoms with E-state index in [1.807, 2.05) is 30.5 Å². The lowest BCUT2D eigenvalue weighted by atomic mass is 10.2. The molecule has 1 aromatic carbocycles. The minimum Gasteiger partial charge on any atom is -0.493 e. The molecule has 2 aromatic heterocycles. The zero-order valence-corrected chi connectivity index (χ0v) is 17.5. The molecule has 1 saturated carbocycles. The predicted molar refractivity (Wildman–Crippen MR) is 108 cm³/mol. The van der Waals surface area contributed by atoms with Crippen LogP contribution in [0.5, 0.6) is 11.5 Å². The molecule has 140 valence electrons. The summed E-state index contributed by atoms with van der Waals surface area (Å²) in [6.45, 7) is 0. The van der Waals surface area contributed by atoms with Gasteiger partial charge < -0.3 is 9.47 Å². The van der Waals surface area contributed by atoms with Gasteiger partial charge in [0, 0.05) is 34.2 Å². The number of nitrogens with zero attached hydrogens (tertiary/aromatic N) is 4. The number of benzene rings is 1. The van der Waals surface area contributed by atoms with E-state index in [2.05, 4.69) is 35.7 Å².